The minimum absolute atomic E-state index is 0.218. The fraction of sp³-hybridized carbons (Fsp3) is 0.276. The zero-order valence-corrected chi connectivity index (χ0v) is 21.1. The van der Waals surface area contributed by atoms with Crippen LogP contribution in [0.4, 0.5) is 5.82 Å². The van der Waals surface area contributed by atoms with Gasteiger partial charge in [0.15, 0.2) is 0 Å². The summed E-state index contributed by atoms with van der Waals surface area (Å²) in [6.07, 6.45) is 6.98. The molecule has 7 nitrogen and oxygen atoms in total. The maximum absolute atomic E-state index is 11.3. The van der Waals surface area contributed by atoms with E-state index in [1.165, 1.54) is 11.3 Å². The first-order valence-corrected chi connectivity index (χ1v) is 12.2. The lowest BCUT2D eigenvalue weighted by molar-refractivity contribution is 0.0696. The minimum Gasteiger partial charge on any atom is -0.478 e. The Morgan fingerprint density at radius 3 is 2.58 bits per heavy atom. The van der Waals surface area contributed by atoms with E-state index in [2.05, 4.69) is 63.0 Å². The third-order valence-electron chi connectivity index (χ3n) is 7.33. The number of carboxylic acids is 1. The third kappa shape index (κ3) is 4.27. The van der Waals surface area contributed by atoms with E-state index >= 15 is 0 Å². The highest BCUT2D eigenvalue weighted by atomic mass is 16.4. The van der Waals surface area contributed by atoms with Crippen molar-refractivity contribution >= 4 is 28.4 Å². The van der Waals surface area contributed by atoms with Crippen LogP contribution in [0.3, 0.4) is 0 Å². The Bertz CT molecular complexity index is 1470. The molecule has 1 aliphatic rings. The molecule has 1 aliphatic heterocycles. The minimum atomic E-state index is -0.888. The number of nitrogens with zero attached hydrogens (tertiary/aromatic N) is 4. The van der Waals surface area contributed by atoms with Crippen LogP contribution in [0.1, 0.15) is 46.6 Å². The molecule has 0 saturated heterocycles. The van der Waals surface area contributed by atoms with Gasteiger partial charge in [0.25, 0.3) is 0 Å². The van der Waals surface area contributed by atoms with Gasteiger partial charge >= 0.3 is 5.97 Å². The first kappa shape index (κ1) is 23.8. The Balaban J connectivity index is 1.41. The van der Waals surface area contributed by atoms with Crippen LogP contribution in [0.15, 0.2) is 60.9 Å². The molecule has 0 amide bonds. The van der Waals surface area contributed by atoms with Gasteiger partial charge in [0.2, 0.25) is 0 Å². The Hall–Kier alpha value is -3.97. The van der Waals surface area contributed by atoms with Crippen molar-refractivity contribution in [2.24, 2.45) is 7.05 Å². The van der Waals surface area contributed by atoms with Crippen molar-refractivity contribution in [3.05, 3.63) is 83.3 Å². The Morgan fingerprint density at radius 1 is 1.11 bits per heavy atom. The predicted octanol–water partition coefficient (Wildman–Crippen LogP) is 5.53. The van der Waals surface area contributed by atoms with E-state index in [-0.39, 0.29) is 6.04 Å². The summed E-state index contributed by atoms with van der Waals surface area (Å²) >= 11 is 0. The quantitative estimate of drug-likeness (QED) is 0.377. The van der Waals surface area contributed by atoms with Crippen molar-refractivity contribution < 1.29 is 9.90 Å². The fourth-order valence-electron chi connectivity index (χ4n) is 5.22. The zero-order valence-electron chi connectivity index (χ0n) is 21.1. The molecule has 1 atom stereocenters. The molecule has 1 aromatic carbocycles. The second-order valence-corrected chi connectivity index (χ2v) is 9.39. The largest absolute Gasteiger partial charge is 0.478 e. The van der Waals surface area contributed by atoms with Gasteiger partial charge in [0.1, 0.15) is 11.5 Å². The average molecular weight is 482 g/mol. The summed E-state index contributed by atoms with van der Waals surface area (Å²) in [5.41, 5.74) is 8.16. The lowest BCUT2D eigenvalue weighted by Gasteiger charge is -2.32. The molecule has 0 bridgehead atoms. The standard InChI is InChI=1S/C29H31N5O2/c1-18-15-21(29(35)36)5-7-23(18)20-10-13-34(14-11-20)19(2)26-16-25-24(9-12-31-28(25)33(26)4)22-6-8-27(30-3)32-17-22/h5-10,12,15-17,19H,11,13-14H2,1-4H3,(H,30,32)(H,35,36). The van der Waals surface area contributed by atoms with E-state index in [0.717, 1.165) is 58.6 Å². The summed E-state index contributed by atoms with van der Waals surface area (Å²) in [5.74, 6) is -0.0434. The van der Waals surface area contributed by atoms with Gasteiger partial charge < -0.3 is 15.0 Å². The van der Waals surface area contributed by atoms with Crippen molar-refractivity contribution in [1.82, 2.24) is 19.4 Å². The first-order chi connectivity index (χ1) is 17.4. The summed E-state index contributed by atoms with van der Waals surface area (Å²) in [6.45, 7) is 6.01. The van der Waals surface area contributed by atoms with Crippen molar-refractivity contribution in [2.75, 3.05) is 25.5 Å². The number of anilines is 1. The molecule has 0 saturated carbocycles. The van der Waals surface area contributed by atoms with E-state index < -0.39 is 5.97 Å². The molecule has 4 heterocycles. The van der Waals surface area contributed by atoms with Gasteiger partial charge in [-0.15, -0.1) is 0 Å². The van der Waals surface area contributed by atoms with Gasteiger partial charge in [-0.1, -0.05) is 12.1 Å². The third-order valence-corrected chi connectivity index (χ3v) is 7.33. The van der Waals surface area contributed by atoms with Gasteiger partial charge in [-0.25, -0.2) is 14.8 Å². The SMILES string of the molecule is CNc1ccc(-c2ccnc3c2cc(C(C)N2CC=C(c4ccc(C(=O)O)cc4C)CC2)n3C)cn1. The maximum atomic E-state index is 11.3. The highest BCUT2D eigenvalue weighted by Crippen LogP contribution is 2.34. The number of pyridine rings is 2. The lowest BCUT2D eigenvalue weighted by Crippen LogP contribution is -2.32. The predicted molar refractivity (Wildman–Crippen MR) is 144 cm³/mol. The molecule has 184 valence electrons. The topological polar surface area (TPSA) is 83.3 Å². The molecule has 5 rings (SSSR count). The van der Waals surface area contributed by atoms with Crippen LogP contribution >= 0.6 is 0 Å². The van der Waals surface area contributed by atoms with Crippen molar-refractivity contribution in [1.29, 1.82) is 0 Å². The van der Waals surface area contributed by atoms with Crippen LogP contribution < -0.4 is 5.32 Å². The summed E-state index contributed by atoms with van der Waals surface area (Å²) in [7, 11) is 3.96. The molecular formula is C29H31N5O2. The molecule has 1 unspecified atom stereocenters. The van der Waals surface area contributed by atoms with Crippen molar-refractivity contribution in [3.8, 4) is 11.1 Å². The molecule has 0 spiro atoms. The molecule has 2 N–H and O–H groups in total. The first-order valence-electron chi connectivity index (χ1n) is 12.2. The van der Waals surface area contributed by atoms with E-state index in [4.69, 9.17) is 0 Å². The van der Waals surface area contributed by atoms with Crippen LogP contribution in [-0.4, -0.2) is 50.6 Å². The van der Waals surface area contributed by atoms with Crippen molar-refractivity contribution in [3.63, 3.8) is 0 Å². The number of fused-ring (bicyclic) bond motifs is 1. The van der Waals surface area contributed by atoms with E-state index in [1.54, 1.807) is 12.1 Å². The molecule has 0 fully saturated rings. The van der Waals surface area contributed by atoms with E-state index in [1.807, 2.05) is 38.5 Å². The number of aryl methyl sites for hydroxylation is 2. The number of aromatic nitrogens is 3. The van der Waals surface area contributed by atoms with Crippen LogP contribution in [0.25, 0.3) is 27.7 Å². The summed E-state index contributed by atoms with van der Waals surface area (Å²) in [4.78, 5) is 22.9. The van der Waals surface area contributed by atoms with Crippen LogP contribution in [-0.2, 0) is 7.05 Å². The molecular weight excluding hydrogens is 450 g/mol. The van der Waals surface area contributed by atoms with Gasteiger partial charge in [-0.05, 0) is 78.9 Å². The second-order valence-electron chi connectivity index (χ2n) is 9.39. The number of hydrogen-bond acceptors (Lipinski definition) is 5. The summed E-state index contributed by atoms with van der Waals surface area (Å²) in [6, 6.07) is 14.0. The van der Waals surface area contributed by atoms with Gasteiger partial charge in [-0.3, -0.25) is 4.90 Å². The number of carboxylic acid groups (broad SMARTS) is 1. The van der Waals surface area contributed by atoms with Crippen LogP contribution in [0, 0.1) is 6.92 Å². The number of hydrogen-bond donors (Lipinski definition) is 2. The smallest absolute Gasteiger partial charge is 0.335 e. The monoisotopic (exact) mass is 481 g/mol. The molecule has 3 aromatic heterocycles. The number of carbonyl (C=O) groups is 1. The Kier molecular flexibility index (Phi) is 6.33. The number of benzene rings is 1. The normalized spacial score (nSPS) is 15.1. The summed E-state index contributed by atoms with van der Waals surface area (Å²) < 4.78 is 2.20. The molecule has 0 radical (unpaired) electrons. The Morgan fingerprint density at radius 2 is 1.94 bits per heavy atom. The van der Waals surface area contributed by atoms with E-state index in [0.29, 0.717) is 5.56 Å². The Labute approximate surface area is 211 Å². The number of nitrogens with one attached hydrogen (secondary N) is 1. The number of aromatic carboxylic acids is 1. The second kappa shape index (κ2) is 9.59. The highest BCUT2D eigenvalue weighted by molar-refractivity contribution is 5.94. The molecule has 36 heavy (non-hydrogen) atoms. The van der Waals surface area contributed by atoms with Gasteiger partial charge in [-0.2, -0.15) is 0 Å². The van der Waals surface area contributed by atoms with E-state index in [9.17, 15) is 9.90 Å². The van der Waals surface area contributed by atoms with Crippen LogP contribution in [0.5, 0.6) is 0 Å². The summed E-state index contributed by atoms with van der Waals surface area (Å²) in [5, 5.41) is 13.5. The van der Waals surface area contributed by atoms with Gasteiger partial charge in [0, 0.05) is 62.3 Å². The molecule has 4 aromatic rings. The molecule has 7 heteroatoms. The maximum Gasteiger partial charge on any atom is 0.335 e. The van der Waals surface area contributed by atoms with Crippen LogP contribution in [0.2, 0.25) is 0 Å². The van der Waals surface area contributed by atoms with Gasteiger partial charge in [0.05, 0.1) is 5.56 Å². The highest BCUT2D eigenvalue weighted by Gasteiger charge is 2.24. The lowest BCUT2D eigenvalue weighted by atomic mass is 9.93. The van der Waals surface area contributed by atoms with Crippen molar-refractivity contribution in [2.45, 2.75) is 26.3 Å². The zero-order chi connectivity index (χ0) is 25.4. The average Bonchev–Trinajstić information content (AvgIpc) is 3.25. The molecule has 0 aliphatic carbocycles. The number of rotatable bonds is 6. The fourth-order valence-corrected chi connectivity index (χ4v) is 5.22.